The Morgan fingerprint density at radius 2 is 1.03 bits per heavy atom. The standard InChI is InChI=1S/C48H59NO12/c1-8-46(4,43(53)59-28-26-55-6)34-47(5,44(54)60-29-27-56-7)33-45(2,3)42(52)58-31-30-57-38-24-25-39(40(50)32-38)41(51)49-61-48(35-18-12-9-13-19-35,36-20-14-10-15-21-36)37-22-16-11-17-23-37/h9-25,32,50H,8,26-31,33-34H2,1-7H3,(H,49,51). The number of benzene rings is 4. The first kappa shape index (κ1) is 47.9. The first-order valence-corrected chi connectivity index (χ1v) is 20.3. The van der Waals surface area contributed by atoms with Gasteiger partial charge in [0.05, 0.1) is 35.0 Å². The topological polar surface area (TPSA) is 165 Å². The number of aromatic hydroxyl groups is 1. The number of nitrogens with one attached hydrogen (secondary N) is 1. The Labute approximate surface area is 358 Å². The van der Waals surface area contributed by atoms with Crippen molar-refractivity contribution >= 4 is 23.8 Å². The smallest absolute Gasteiger partial charge is 0.311 e. The van der Waals surface area contributed by atoms with Crippen LogP contribution in [0, 0.1) is 16.2 Å². The number of phenols is 1. The Bertz CT molecular complexity index is 1930. The summed E-state index contributed by atoms with van der Waals surface area (Å²) < 4.78 is 32.4. The van der Waals surface area contributed by atoms with Gasteiger partial charge in [0.1, 0.15) is 37.9 Å². The van der Waals surface area contributed by atoms with Gasteiger partial charge in [-0.2, -0.15) is 0 Å². The molecule has 4 rings (SSSR count). The molecule has 0 radical (unpaired) electrons. The second kappa shape index (κ2) is 22.2. The number of hydroxylamine groups is 1. The van der Waals surface area contributed by atoms with Crippen LogP contribution in [0.5, 0.6) is 11.5 Å². The molecular weight excluding hydrogens is 783 g/mol. The highest BCUT2D eigenvalue weighted by molar-refractivity contribution is 5.96. The molecule has 0 aromatic heterocycles. The lowest BCUT2D eigenvalue weighted by Gasteiger charge is -2.39. The molecule has 0 bridgehead atoms. The maximum atomic E-state index is 13.6. The number of rotatable bonds is 24. The van der Waals surface area contributed by atoms with Gasteiger partial charge in [0, 0.05) is 20.3 Å². The number of carbonyl (C=O) groups is 4. The van der Waals surface area contributed by atoms with Crippen molar-refractivity contribution in [3.8, 4) is 11.5 Å². The SMILES string of the molecule is CCC(C)(CC(C)(CC(C)(C)C(=O)OCCOc1ccc(C(=O)NOC(c2ccccc2)(c2ccccc2)c2ccccc2)c(O)c1)C(=O)OCCOC)C(=O)OCCOC. The molecular formula is C48H59NO12. The number of phenolic OH excluding ortho intramolecular Hbond substituents is 1. The summed E-state index contributed by atoms with van der Waals surface area (Å²) in [7, 11) is 2.99. The summed E-state index contributed by atoms with van der Waals surface area (Å²) in [6, 6.07) is 32.8. The van der Waals surface area contributed by atoms with E-state index >= 15 is 0 Å². The molecule has 61 heavy (non-hydrogen) atoms. The molecule has 13 nitrogen and oxygen atoms in total. The van der Waals surface area contributed by atoms with Crippen molar-refractivity contribution in [2.75, 3.05) is 53.9 Å². The predicted molar refractivity (Wildman–Crippen MR) is 228 cm³/mol. The van der Waals surface area contributed by atoms with Gasteiger partial charge >= 0.3 is 17.9 Å². The highest BCUT2D eigenvalue weighted by atomic mass is 16.7. The predicted octanol–water partition coefficient (Wildman–Crippen LogP) is 7.58. The first-order chi connectivity index (χ1) is 29.2. The zero-order valence-corrected chi connectivity index (χ0v) is 36.2. The van der Waals surface area contributed by atoms with Gasteiger partial charge in [-0.15, -0.1) is 0 Å². The van der Waals surface area contributed by atoms with Gasteiger partial charge in [-0.25, -0.2) is 5.48 Å². The van der Waals surface area contributed by atoms with E-state index in [-0.39, 0.29) is 69.5 Å². The number of methoxy groups -OCH3 is 2. The van der Waals surface area contributed by atoms with E-state index in [1.54, 1.807) is 27.7 Å². The molecule has 4 aromatic carbocycles. The minimum atomic E-state index is -1.29. The molecule has 0 saturated heterocycles. The minimum absolute atomic E-state index is 0.000715. The van der Waals surface area contributed by atoms with Gasteiger partial charge in [0.15, 0.2) is 5.60 Å². The van der Waals surface area contributed by atoms with Crippen LogP contribution < -0.4 is 10.2 Å². The molecule has 328 valence electrons. The van der Waals surface area contributed by atoms with Crippen molar-refractivity contribution in [1.82, 2.24) is 5.48 Å². The Morgan fingerprint density at radius 1 is 0.574 bits per heavy atom. The van der Waals surface area contributed by atoms with Gasteiger partial charge in [-0.05, 0) is 75.8 Å². The molecule has 13 heteroatoms. The number of hydrogen-bond acceptors (Lipinski definition) is 12. The molecule has 2 atom stereocenters. The lowest BCUT2D eigenvalue weighted by atomic mass is 9.65. The van der Waals surface area contributed by atoms with Gasteiger partial charge in [0.2, 0.25) is 0 Å². The van der Waals surface area contributed by atoms with Crippen LogP contribution in [-0.4, -0.2) is 82.8 Å². The lowest BCUT2D eigenvalue weighted by molar-refractivity contribution is -0.170. The van der Waals surface area contributed by atoms with E-state index in [1.807, 2.05) is 97.9 Å². The van der Waals surface area contributed by atoms with E-state index in [0.29, 0.717) is 6.42 Å². The number of amides is 1. The molecule has 0 fully saturated rings. The van der Waals surface area contributed by atoms with E-state index in [1.165, 1.54) is 32.4 Å². The van der Waals surface area contributed by atoms with Crippen molar-refractivity contribution < 1.29 is 57.5 Å². The quantitative estimate of drug-likeness (QED) is 0.0234. The van der Waals surface area contributed by atoms with E-state index in [0.717, 1.165) is 16.7 Å². The highest BCUT2D eigenvalue weighted by Gasteiger charge is 2.50. The molecule has 0 aliphatic carbocycles. The molecule has 0 saturated carbocycles. The lowest BCUT2D eigenvalue weighted by Crippen LogP contribution is -2.44. The van der Waals surface area contributed by atoms with Crippen molar-refractivity contribution in [3.63, 3.8) is 0 Å². The third-order valence-electron chi connectivity index (χ3n) is 10.6. The summed E-state index contributed by atoms with van der Waals surface area (Å²) in [6.45, 7) is 8.78. The molecule has 1 amide bonds. The Kier molecular flexibility index (Phi) is 17.4. The Hall–Kier alpha value is -5.76. The maximum Gasteiger partial charge on any atom is 0.311 e. The van der Waals surface area contributed by atoms with Crippen LogP contribution in [0.1, 0.15) is 80.9 Å². The molecule has 2 unspecified atom stereocenters. The highest BCUT2D eigenvalue weighted by Crippen LogP contribution is 2.46. The summed E-state index contributed by atoms with van der Waals surface area (Å²) in [6.07, 6.45) is 0.413. The van der Waals surface area contributed by atoms with Gasteiger partial charge in [-0.1, -0.05) is 97.9 Å². The molecule has 0 spiro atoms. The van der Waals surface area contributed by atoms with Crippen LogP contribution in [0.15, 0.2) is 109 Å². The van der Waals surface area contributed by atoms with Gasteiger partial charge in [0.25, 0.3) is 5.91 Å². The van der Waals surface area contributed by atoms with Crippen molar-refractivity contribution in [1.29, 1.82) is 0 Å². The zero-order chi connectivity index (χ0) is 44.5. The molecule has 0 heterocycles. The monoisotopic (exact) mass is 841 g/mol. The van der Waals surface area contributed by atoms with Crippen LogP contribution in [-0.2, 0) is 48.5 Å². The molecule has 2 N–H and O–H groups in total. The summed E-state index contributed by atoms with van der Waals surface area (Å²) >= 11 is 0. The van der Waals surface area contributed by atoms with Crippen molar-refractivity contribution in [2.24, 2.45) is 16.2 Å². The van der Waals surface area contributed by atoms with Gasteiger partial charge < -0.3 is 33.5 Å². The third kappa shape index (κ3) is 12.4. The average molecular weight is 842 g/mol. The third-order valence-corrected chi connectivity index (χ3v) is 10.6. The van der Waals surface area contributed by atoms with E-state index in [2.05, 4.69) is 5.48 Å². The normalized spacial score (nSPS) is 13.6. The van der Waals surface area contributed by atoms with Crippen LogP contribution in [0.2, 0.25) is 0 Å². The molecule has 4 aromatic rings. The summed E-state index contributed by atoms with van der Waals surface area (Å²) in [4.78, 5) is 60.3. The number of carbonyl (C=O) groups excluding carboxylic acids is 4. The van der Waals surface area contributed by atoms with Crippen LogP contribution in [0.3, 0.4) is 0 Å². The van der Waals surface area contributed by atoms with Crippen LogP contribution in [0.25, 0.3) is 0 Å². The zero-order valence-electron chi connectivity index (χ0n) is 36.2. The number of esters is 3. The van der Waals surface area contributed by atoms with Gasteiger partial charge in [-0.3, -0.25) is 24.0 Å². The second-order valence-electron chi connectivity index (χ2n) is 15.9. The second-order valence-corrected chi connectivity index (χ2v) is 15.9. The average Bonchev–Trinajstić information content (AvgIpc) is 3.26. The summed E-state index contributed by atoms with van der Waals surface area (Å²) in [5.41, 5.74) is 0.0540. The van der Waals surface area contributed by atoms with E-state index < -0.39 is 45.7 Å². The maximum absolute atomic E-state index is 13.6. The van der Waals surface area contributed by atoms with Crippen molar-refractivity contribution in [2.45, 2.75) is 59.5 Å². The number of hydrogen-bond donors (Lipinski definition) is 2. The van der Waals surface area contributed by atoms with Crippen LogP contribution in [0.4, 0.5) is 0 Å². The largest absolute Gasteiger partial charge is 0.507 e. The van der Waals surface area contributed by atoms with E-state index in [4.69, 9.17) is 33.3 Å². The van der Waals surface area contributed by atoms with Crippen molar-refractivity contribution in [3.05, 3.63) is 131 Å². The number of ether oxygens (including phenoxy) is 6. The fraction of sp³-hybridized carbons (Fsp3) is 0.417. The first-order valence-electron chi connectivity index (χ1n) is 20.3. The van der Waals surface area contributed by atoms with E-state index in [9.17, 15) is 24.3 Å². The fourth-order valence-electron chi connectivity index (χ4n) is 7.40. The Balaban J connectivity index is 1.41. The molecule has 0 aliphatic heterocycles. The Morgan fingerprint density at radius 3 is 1.49 bits per heavy atom. The summed E-state index contributed by atoms with van der Waals surface area (Å²) in [5.74, 6) is -2.49. The van der Waals surface area contributed by atoms with Crippen LogP contribution >= 0.6 is 0 Å². The molecule has 0 aliphatic rings. The minimum Gasteiger partial charge on any atom is -0.507 e. The fourth-order valence-corrected chi connectivity index (χ4v) is 7.40. The summed E-state index contributed by atoms with van der Waals surface area (Å²) in [5, 5.41) is 10.9.